The van der Waals surface area contributed by atoms with Crippen molar-refractivity contribution >= 4 is 11.9 Å². The van der Waals surface area contributed by atoms with Crippen LogP contribution in [0.3, 0.4) is 0 Å². The molecule has 1 aromatic carbocycles. The predicted octanol–water partition coefficient (Wildman–Crippen LogP) is 1.98. The van der Waals surface area contributed by atoms with Crippen LogP contribution in [0.5, 0.6) is 0 Å². The molecule has 1 N–H and O–H groups in total. The monoisotopic (exact) mass is 315 g/mol. The number of carbonyl (C=O) groups excluding carboxylic acids is 1. The van der Waals surface area contributed by atoms with E-state index in [0.717, 1.165) is 5.56 Å². The van der Waals surface area contributed by atoms with Crippen LogP contribution < -0.4 is 0 Å². The zero-order valence-corrected chi connectivity index (χ0v) is 12.7. The Balaban J connectivity index is 1.68. The number of aryl methyl sites for hydroxylation is 1. The van der Waals surface area contributed by atoms with Crippen LogP contribution in [0, 0.1) is 12.8 Å². The van der Waals surface area contributed by atoms with E-state index in [9.17, 15) is 9.59 Å². The predicted molar refractivity (Wildman–Crippen MR) is 80.7 cm³/mol. The third-order valence-corrected chi connectivity index (χ3v) is 4.05. The quantitative estimate of drug-likeness (QED) is 0.930. The average Bonchev–Trinajstić information content (AvgIpc) is 3.01. The number of likely N-dealkylation sites (tertiary alicyclic amines) is 1. The fourth-order valence-corrected chi connectivity index (χ4v) is 2.69. The fourth-order valence-electron chi connectivity index (χ4n) is 2.69. The molecule has 0 bridgehead atoms. The van der Waals surface area contributed by atoms with E-state index in [1.165, 1.54) is 0 Å². The molecule has 0 unspecified atom stereocenters. The lowest BCUT2D eigenvalue weighted by atomic mass is 9.96. The topological polar surface area (TPSA) is 96.5 Å². The Morgan fingerprint density at radius 3 is 2.39 bits per heavy atom. The van der Waals surface area contributed by atoms with Gasteiger partial charge in [-0.2, -0.15) is 4.98 Å². The van der Waals surface area contributed by atoms with E-state index in [1.807, 2.05) is 0 Å². The standard InChI is InChI=1S/C16H17N3O4/c1-10-17-14(18-23-10)11-2-4-12(5-3-11)15(20)19-8-6-13(7-9-19)16(21)22/h2-5,13H,6-9H2,1H3,(H,21,22). The van der Waals surface area contributed by atoms with Crippen LogP contribution in [0.25, 0.3) is 11.4 Å². The van der Waals surface area contributed by atoms with E-state index < -0.39 is 5.97 Å². The third kappa shape index (κ3) is 3.23. The van der Waals surface area contributed by atoms with Crippen LogP contribution in [0.2, 0.25) is 0 Å². The molecule has 0 atom stereocenters. The van der Waals surface area contributed by atoms with Gasteiger partial charge in [0.1, 0.15) is 0 Å². The number of carbonyl (C=O) groups is 2. The Bertz CT molecular complexity index is 715. The summed E-state index contributed by atoms with van der Waals surface area (Å²) in [5, 5.41) is 12.8. The maximum atomic E-state index is 12.5. The van der Waals surface area contributed by atoms with Gasteiger partial charge in [0, 0.05) is 31.1 Å². The van der Waals surface area contributed by atoms with Gasteiger partial charge >= 0.3 is 5.97 Å². The first-order chi connectivity index (χ1) is 11.0. The van der Waals surface area contributed by atoms with Gasteiger partial charge in [-0.15, -0.1) is 0 Å². The number of carboxylic acid groups (broad SMARTS) is 1. The Kier molecular flexibility index (Phi) is 4.10. The van der Waals surface area contributed by atoms with Crippen molar-refractivity contribution in [1.82, 2.24) is 15.0 Å². The summed E-state index contributed by atoms with van der Waals surface area (Å²) in [5.41, 5.74) is 1.35. The molecule has 1 saturated heterocycles. The summed E-state index contributed by atoms with van der Waals surface area (Å²) < 4.78 is 4.94. The summed E-state index contributed by atoms with van der Waals surface area (Å²) in [4.78, 5) is 29.3. The summed E-state index contributed by atoms with van der Waals surface area (Å²) in [5.74, 6) is -0.227. The maximum absolute atomic E-state index is 12.5. The first kappa shape index (κ1) is 15.2. The highest BCUT2D eigenvalue weighted by atomic mass is 16.5. The number of rotatable bonds is 3. The molecular weight excluding hydrogens is 298 g/mol. The summed E-state index contributed by atoms with van der Waals surface area (Å²) in [6, 6.07) is 7.02. The van der Waals surface area contributed by atoms with Crippen LogP contribution >= 0.6 is 0 Å². The maximum Gasteiger partial charge on any atom is 0.306 e. The molecule has 23 heavy (non-hydrogen) atoms. The van der Waals surface area contributed by atoms with Gasteiger partial charge in [0.2, 0.25) is 11.7 Å². The van der Waals surface area contributed by atoms with Crippen LogP contribution in [0.4, 0.5) is 0 Å². The van der Waals surface area contributed by atoms with Gasteiger partial charge in [-0.05, 0) is 25.0 Å². The molecule has 0 saturated carbocycles. The van der Waals surface area contributed by atoms with Crippen molar-refractivity contribution in [2.75, 3.05) is 13.1 Å². The van der Waals surface area contributed by atoms with E-state index in [-0.39, 0.29) is 11.8 Å². The number of aromatic nitrogens is 2. The van der Waals surface area contributed by atoms with Crippen LogP contribution in [0.1, 0.15) is 29.1 Å². The van der Waals surface area contributed by atoms with Crippen LogP contribution in [-0.4, -0.2) is 45.1 Å². The van der Waals surface area contributed by atoms with E-state index in [1.54, 1.807) is 36.1 Å². The number of hydrogen-bond acceptors (Lipinski definition) is 5. The molecule has 0 spiro atoms. The van der Waals surface area contributed by atoms with Gasteiger partial charge in [0.25, 0.3) is 5.91 Å². The van der Waals surface area contributed by atoms with Crippen molar-refractivity contribution in [2.45, 2.75) is 19.8 Å². The van der Waals surface area contributed by atoms with E-state index in [2.05, 4.69) is 10.1 Å². The molecule has 2 aromatic rings. The van der Waals surface area contributed by atoms with E-state index in [4.69, 9.17) is 9.63 Å². The number of aliphatic carboxylic acids is 1. The Morgan fingerprint density at radius 1 is 1.22 bits per heavy atom. The van der Waals surface area contributed by atoms with Crippen molar-refractivity contribution in [3.63, 3.8) is 0 Å². The number of hydrogen-bond donors (Lipinski definition) is 1. The lowest BCUT2D eigenvalue weighted by molar-refractivity contribution is -0.143. The smallest absolute Gasteiger partial charge is 0.306 e. The molecular formula is C16H17N3O4. The lowest BCUT2D eigenvalue weighted by Crippen LogP contribution is -2.40. The van der Waals surface area contributed by atoms with Crippen molar-refractivity contribution in [3.05, 3.63) is 35.7 Å². The summed E-state index contributed by atoms with van der Waals surface area (Å²) in [7, 11) is 0. The number of nitrogens with zero attached hydrogens (tertiary/aromatic N) is 3. The fraction of sp³-hybridized carbons (Fsp3) is 0.375. The Hall–Kier alpha value is -2.70. The number of amides is 1. The Morgan fingerprint density at radius 2 is 1.87 bits per heavy atom. The SMILES string of the molecule is Cc1nc(-c2ccc(C(=O)N3CCC(C(=O)O)CC3)cc2)no1. The molecule has 2 heterocycles. The average molecular weight is 315 g/mol. The first-order valence-electron chi connectivity index (χ1n) is 7.47. The summed E-state index contributed by atoms with van der Waals surface area (Å²) >= 11 is 0. The molecule has 0 radical (unpaired) electrons. The van der Waals surface area contributed by atoms with Crippen molar-refractivity contribution < 1.29 is 19.2 Å². The highest BCUT2D eigenvalue weighted by Crippen LogP contribution is 2.21. The zero-order chi connectivity index (χ0) is 16.4. The van der Waals surface area contributed by atoms with Gasteiger partial charge in [0.05, 0.1) is 5.92 Å². The molecule has 1 fully saturated rings. The normalized spacial score (nSPS) is 15.6. The molecule has 1 aliphatic rings. The van der Waals surface area contributed by atoms with E-state index >= 15 is 0 Å². The molecule has 3 rings (SSSR count). The van der Waals surface area contributed by atoms with Crippen molar-refractivity contribution in [1.29, 1.82) is 0 Å². The second-order valence-corrected chi connectivity index (χ2v) is 5.62. The van der Waals surface area contributed by atoms with Crippen molar-refractivity contribution in [2.24, 2.45) is 5.92 Å². The van der Waals surface area contributed by atoms with Gasteiger partial charge in [-0.3, -0.25) is 9.59 Å². The second-order valence-electron chi connectivity index (χ2n) is 5.62. The molecule has 7 heteroatoms. The lowest BCUT2D eigenvalue weighted by Gasteiger charge is -2.30. The number of piperidine rings is 1. The largest absolute Gasteiger partial charge is 0.481 e. The van der Waals surface area contributed by atoms with Crippen LogP contribution in [0.15, 0.2) is 28.8 Å². The summed E-state index contributed by atoms with van der Waals surface area (Å²) in [6.45, 7) is 2.66. The minimum absolute atomic E-state index is 0.0790. The number of carboxylic acids is 1. The minimum Gasteiger partial charge on any atom is -0.481 e. The molecule has 0 aliphatic carbocycles. The molecule has 1 aliphatic heterocycles. The van der Waals surface area contributed by atoms with Gasteiger partial charge in [0.15, 0.2) is 0 Å². The molecule has 120 valence electrons. The molecule has 7 nitrogen and oxygen atoms in total. The van der Waals surface area contributed by atoms with Crippen LogP contribution in [-0.2, 0) is 4.79 Å². The van der Waals surface area contributed by atoms with Gasteiger partial charge < -0.3 is 14.5 Å². The Labute approximate surface area is 132 Å². The highest BCUT2D eigenvalue weighted by Gasteiger charge is 2.27. The third-order valence-electron chi connectivity index (χ3n) is 4.05. The molecule has 1 amide bonds. The molecule has 1 aromatic heterocycles. The zero-order valence-electron chi connectivity index (χ0n) is 12.7. The first-order valence-corrected chi connectivity index (χ1v) is 7.47. The highest BCUT2D eigenvalue weighted by molar-refractivity contribution is 5.94. The van der Waals surface area contributed by atoms with Gasteiger partial charge in [-0.25, -0.2) is 0 Å². The number of benzene rings is 1. The van der Waals surface area contributed by atoms with E-state index in [0.29, 0.717) is 43.2 Å². The van der Waals surface area contributed by atoms with Crippen molar-refractivity contribution in [3.8, 4) is 11.4 Å². The minimum atomic E-state index is -0.781. The summed E-state index contributed by atoms with van der Waals surface area (Å²) in [6.07, 6.45) is 1.00. The second kappa shape index (κ2) is 6.20. The van der Waals surface area contributed by atoms with Gasteiger partial charge in [-0.1, -0.05) is 17.3 Å².